The van der Waals surface area contributed by atoms with Crippen LogP contribution >= 0.6 is 0 Å². The molecule has 0 spiro atoms. The molecule has 2 N–H and O–H groups in total. The van der Waals surface area contributed by atoms with Gasteiger partial charge in [-0.05, 0) is 25.5 Å². The minimum atomic E-state index is -4.46. The summed E-state index contributed by atoms with van der Waals surface area (Å²) in [6, 6.07) is 4.48. The third kappa shape index (κ3) is 5.85. The third-order valence-electron chi connectivity index (χ3n) is 2.69. The maximum absolute atomic E-state index is 12.6. The zero-order valence-corrected chi connectivity index (χ0v) is 11.6. The van der Waals surface area contributed by atoms with Crippen LogP contribution in [0.5, 0.6) is 0 Å². The number of carbonyl (C=O) groups excluding carboxylic acids is 1. The summed E-state index contributed by atoms with van der Waals surface area (Å²) in [4.78, 5) is 22.4. The van der Waals surface area contributed by atoms with Gasteiger partial charge in [0.2, 0.25) is 5.91 Å². The van der Waals surface area contributed by atoms with Crippen molar-refractivity contribution < 1.29 is 27.9 Å². The number of halogens is 3. The number of carbonyl (C=O) groups is 2. The van der Waals surface area contributed by atoms with E-state index in [1.54, 1.807) is 0 Å². The lowest BCUT2D eigenvalue weighted by atomic mass is 10.00. The van der Waals surface area contributed by atoms with Gasteiger partial charge in [0.1, 0.15) is 0 Å². The van der Waals surface area contributed by atoms with E-state index in [1.807, 2.05) is 0 Å². The average Bonchev–Trinajstić information content (AvgIpc) is 2.24. The van der Waals surface area contributed by atoms with Crippen LogP contribution in [0.2, 0.25) is 0 Å². The molecule has 21 heavy (non-hydrogen) atoms. The van der Waals surface area contributed by atoms with E-state index in [1.165, 1.54) is 26.0 Å². The van der Waals surface area contributed by atoms with Crippen molar-refractivity contribution in [3.05, 3.63) is 35.4 Å². The fourth-order valence-electron chi connectivity index (χ4n) is 1.89. The molecule has 1 aromatic carbocycles. The van der Waals surface area contributed by atoms with E-state index in [9.17, 15) is 22.8 Å². The Bertz CT molecular complexity index is 539. The van der Waals surface area contributed by atoms with Gasteiger partial charge in [0.15, 0.2) is 0 Å². The Hall–Kier alpha value is -2.05. The maximum Gasteiger partial charge on any atom is 0.416 e. The van der Waals surface area contributed by atoms with E-state index >= 15 is 0 Å². The Labute approximate surface area is 120 Å². The monoisotopic (exact) mass is 303 g/mol. The van der Waals surface area contributed by atoms with Gasteiger partial charge in [-0.15, -0.1) is 0 Å². The highest BCUT2D eigenvalue weighted by Crippen LogP contribution is 2.29. The van der Waals surface area contributed by atoms with Crippen LogP contribution in [-0.2, 0) is 22.2 Å². The van der Waals surface area contributed by atoms with Crippen LogP contribution in [-0.4, -0.2) is 22.5 Å². The highest BCUT2D eigenvalue weighted by molar-refractivity contribution is 5.80. The first-order valence-electron chi connectivity index (χ1n) is 6.18. The van der Waals surface area contributed by atoms with Crippen molar-refractivity contribution in [1.29, 1.82) is 0 Å². The van der Waals surface area contributed by atoms with Gasteiger partial charge in [0.05, 0.1) is 18.4 Å². The van der Waals surface area contributed by atoms with Crippen LogP contribution in [0.3, 0.4) is 0 Å². The van der Waals surface area contributed by atoms with E-state index < -0.39 is 29.2 Å². The summed E-state index contributed by atoms with van der Waals surface area (Å²) >= 11 is 0. The number of hydrogen-bond acceptors (Lipinski definition) is 2. The Morgan fingerprint density at radius 3 is 2.38 bits per heavy atom. The van der Waals surface area contributed by atoms with Crippen LogP contribution in [0, 0.1) is 0 Å². The third-order valence-corrected chi connectivity index (χ3v) is 2.69. The van der Waals surface area contributed by atoms with E-state index in [-0.39, 0.29) is 18.4 Å². The van der Waals surface area contributed by atoms with Crippen molar-refractivity contribution in [2.45, 2.75) is 38.4 Å². The lowest BCUT2D eigenvalue weighted by Crippen LogP contribution is -2.45. The molecule has 0 unspecified atom stereocenters. The second-order valence-corrected chi connectivity index (χ2v) is 5.38. The first-order valence-corrected chi connectivity index (χ1v) is 6.18. The number of aliphatic carboxylic acids is 1. The summed E-state index contributed by atoms with van der Waals surface area (Å²) in [5, 5.41) is 11.2. The summed E-state index contributed by atoms with van der Waals surface area (Å²) in [7, 11) is 0. The SMILES string of the molecule is CC(C)(CC(=O)O)NC(=O)Cc1cccc(C(F)(F)F)c1. The van der Waals surface area contributed by atoms with Gasteiger partial charge in [0, 0.05) is 5.54 Å². The molecule has 0 saturated heterocycles. The Morgan fingerprint density at radius 2 is 1.86 bits per heavy atom. The van der Waals surface area contributed by atoms with Gasteiger partial charge >= 0.3 is 12.1 Å². The average molecular weight is 303 g/mol. The van der Waals surface area contributed by atoms with Crippen LogP contribution < -0.4 is 5.32 Å². The number of hydrogen-bond donors (Lipinski definition) is 2. The quantitative estimate of drug-likeness (QED) is 0.878. The predicted molar refractivity (Wildman–Crippen MR) is 69.6 cm³/mol. The van der Waals surface area contributed by atoms with E-state index in [0.29, 0.717) is 0 Å². The molecule has 0 heterocycles. The highest BCUT2D eigenvalue weighted by atomic mass is 19.4. The molecule has 0 aliphatic carbocycles. The molecule has 4 nitrogen and oxygen atoms in total. The molecule has 0 bridgehead atoms. The number of nitrogens with one attached hydrogen (secondary N) is 1. The molecule has 1 aromatic rings. The maximum atomic E-state index is 12.6. The summed E-state index contributed by atoms with van der Waals surface area (Å²) in [5.74, 6) is -1.60. The molecule has 0 saturated carbocycles. The Balaban J connectivity index is 2.74. The largest absolute Gasteiger partial charge is 0.481 e. The van der Waals surface area contributed by atoms with Crippen molar-refractivity contribution in [3.63, 3.8) is 0 Å². The standard InChI is InChI=1S/C14H16F3NO3/c1-13(2,8-12(20)21)18-11(19)7-9-4-3-5-10(6-9)14(15,16)17/h3-6H,7-8H2,1-2H3,(H,18,19)(H,20,21). The summed E-state index contributed by atoms with van der Waals surface area (Å²) in [5.41, 5.74) is -1.57. The van der Waals surface area contributed by atoms with Gasteiger partial charge in [-0.1, -0.05) is 18.2 Å². The van der Waals surface area contributed by atoms with Crippen molar-refractivity contribution in [2.24, 2.45) is 0 Å². The fraction of sp³-hybridized carbons (Fsp3) is 0.429. The van der Waals surface area contributed by atoms with Crippen LogP contribution in [0.25, 0.3) is 0 Å². The minimum absolute atomic E-state index is 0.216. The summed E-state index contributed by atoms with van der Waals surface area (Å²) < 4.78 is 37.7. The minimum Gasteiger partial charge on any atom is -0.481 e. The van der Waals surface area contributed by atoms with Gasteiger partial charge in [-0.25, -0.2) is 0 Å². The molecule has 1 rings (SSSR count). The topological polar surface area (TPSA) is 66.4 Å². The molecule has 0 fully saturated rings. The van der Waals surface area contributed by atoms with Gasteiger partial charge in [0.25, 0.3) is 0 Å². The molecular weight excluding hydrogens is 287 g/mol. The Morgan fingerprint density at radius 1 is 1.24 bits per heavy atom. The van der Waals surface area contributed by atoms with Crippen molar-refractivity contribution >= 4 is 11.9 Å². The predicted octanol–water partition coefficient (Wildman–Crippen LogP) is 2.62. The number of benzene rings is 1. The molecule has 116 valence electrons. The number of carboxylic acids is 1. The van der Waals surface area contributed by atoms with Crippen molar-refractivity contribution in [2.75, 3.05) is 0 Å². The first-order chi connectivity index (χ1) is 9.49. The van der Waals surface area contributed by atoms with Gasteiger partial charge in [-0.2, -0.15) is 13.2 Å². The second kappa shape index (κ2) is 6.15. The van der Waals surface area contributed by atoms with Crippen LogP contribution in [0.15, 0.2) is 24.3 Å². The molecule has 0 atom stereocenters. The lowest BCUT2D eigenvalue weighted by Gasteiger charge is -2.24. The highest BCUT2D eigenvalue weighted by Gasteiger charge is 2.30. The normalized spacial score (nSPS) is 12.0. The van der Waals surface area contributed by atoms with Crippen molar-refractivity contribution in [3.8, 4) is 0 Å². The van der Waals surface area contributed by atoms with E-state index in [2.05, 4.69) is 5.32 Å². The van der Waals surface area contributed by atoms with Crippen molar-refractivity contribution in [1.82, 2.24) is 5.32 Å². The van der Waals surface area contributed by atoms with Crippen LogP contribution in [0.1, 0.15) is 31.4 Å². The molecule has 1 amide bonds. The van der Waals surface area contributed by atoms with Gasteiger partial charge < -0.3 is 10.4 Å². The molecule has 0 radical (unpaired) electrons. The Kier molecular flexibility index (Phi) is 4.98. The smallest absolute Gasteiger partial charge is 0.416 e. The van der Waals surface area contributed by atoms with E-state index in [0.717, 1.165) is 12.1 Å². The number of alkyl halides is 3. The summed E-state index contributed by atoms with van der Waals surface area (Å²) in [6.45, 7) is 3.07. The fourth-order valence-corrected chi connectivity index (χ4v) is 1.89. The molecule has 7 heteroatoms. The molecular formula is C14H16F3NO3. The molecule has 0 aliphatic rings. The van der Waals surface area contributed by atoms with E-state index in [4.69, 9.17) is 5.11 Å². The van der Waals surface area contributed by atoms with Gasteiger partial charge in [-0.3, -0.25) is 9.59 Å². The molecule has 0 aromatic heterocycles. The summed E-state index contributed by atoms with van der Waals surface area (Å²) in [6.07, 6.45) is -4.98. The number of carboxylic acid groups (broad SMARTS) is 1. The zero-order valence-electron chi connectivity index (χ0n) is 11.6. The number of amides is 1. The molecule has 0 aliphatic heterocycles. The number of rotatable bonds is 5. The second-order valence-electron chi connectivity index (χ2n) is 5.38. The zero-order chi connectivity index (χ0) is 16.3. The lowest BCUT2D eigenvalue weighted by molar-refractivity contribution is -0.139. The first kappa shape index (κ1) is 17.0. The van der Waals surface area contributed by atoms with Crippen LogP contribution in [0.4, 0.5) is 13.2 Å².